The van der Waals surface area contributed by atoms with Crippen molar-refractivity contribution in [1.29, 1.82) is 0 Å². The number of nitrogens with zero attached hydrogens (tertiary/aromatic N) is 1. The van der Waals surface area contributed by atoms with E-state index in [1.54, 1.807) is 12.1 Å². The van der Waals surface area contributed by atoms with Gasteiger partial charge in [-0.05, 0) is 30.7 Å². The lowest BCUT2D eigenvalue weighted by molar-refractivity contribution is -0.385. The van der Waals surface area contributed by atoms with E-state index in [0.717, 1.165) is 10.5 Å². The maximum Gasteiger partial charge on any atom is 0.274 e. The molecule has 2 N–H and O–H groups in total. The fraction of sp³-hybridized carbons (Fsp3) is 0.143. The van der Waals surface area contributed by atoms with Crippen LogP contribution in [0.25, 0.3) is 0 Å². The molecule has 4 nitrogen and oxygen atoms in total. The molecule has 0 aliphatic heterocycles. The molecule has 0 atom stereocenters. The van der Waals surface area contributed by atoms with E-state index in [4.69, 9.17) is 17.3 Å². The van der Waals surface area contributed by atoms with Crippen molar-refractivity contribution >= 4 is 34.7 Å². The van der Waals surface area contributed by atoms with Crippen LogP contribution in [0, 0.1) is 17.0 Å². The van der Waals surface area contributed by atoms with Crippen molar-refractivity contribution in [2.45, 2.75) is 17.6 Å². The van der Waals surface area contributed by atoms with Gasteiger partial charge in [0.15, 0.2) is 0 Å². The van der Waals surface area contributed by atoms with Crippen LogP contribution in [0.2, 0.25) is 5.02 Å². The Balaban J connectivity index is 2.27. The third kappa shape index (κ3) is 3.05. The molecule has 0 aromatic heterocycles. The third-order valence-electron chi connectivity index (χ3n) is 2.99. The van der Waals surface area contributed by atoms with Crippen LogP contribution < -0.4 is 5.73 Å². The van der Waals surface area contributed by atoms with Crippen LogP contribution in [-0.4, -0.2) is 4.92 Å². The van der Waals surface area contributed by atoms with Gasteiger partial charge >= 0.3 is 0 Å². The highest BCUT2D eigenvalue weighted by Gasteiger charge is 2.17. The van der Waals surface area contributed by atoms with Gasteiger partial charge in [0.05, 0.1) is 15.5 Å². The first-order chi connectivity index (χ1) is 9.50. The van der Waals surface area contributed by atoms with Crippen LogP contribution in [-0.2, 0) is 5.75 Å². The Morgan fingerprint density at radius 2 is 2.00 bits per heavy atom. The number of benzene rings is 2. The van der Waals surface area contributed by atoms with Gasteiger partial charge in [-0.1, -0.05) is 23.7 Å². The van der Waals surface area contributed by atoms with Crippen LogP contribution in [0.1, 0.15) is 11.1 Å². The van der Waals surface area contributed by atoms with Gasteiger partial charge in [-0.25, -0.2) is 0 Å². The number of thioether (sulfide) groups is 1. The van der Waals surface area contributed by atoms with E-state index >= 15 is 0 Å². The van der Waals surface area contributed by atoms with E-state index in [-0.39, 0.29) is 5.69 Å². The molecule has 6 heteroatoms. The molecule has 2 aromatic rings. The van der Waals surface area contributed by atoms with E-state index in [1.165, 1.54) is 17.8 Å². The average molecular weight is 309 g/mol. The first kappa shape index (κ1) is 14.7. The molecule has 2 aromatic carbocycles. The normalized spacial score (nSPS) is 10.5. The summed E-state index contributed by atoms with van der Waals surface area (Å²) in [6, 6.07) is 10.4. The SMILES string of the molecule is Cc1c(N)cccc1SCc1c(Cl)cccc1[N+](=O)[O-]. The maximum atomic E-state index is 11.0. The summed E-state index contributed by atoms with van der Waals surface area (Å²) in [7, 11) is 0. The molecule has 0 spiro atoms. The number of nitro groups is 1. The molecule has 0 fully saturated rings. The molecule has 0 unspecified atom stereocenters. The number of nitro benzene ring substituents is 1. The van der Waals surface area contributed by atoms with Crippen molar-refractivity contribution in [1.82, 2.24) is 0 Å². The molecule has 20 heavy (non-hydrogen) atoms. The molecule has 0 aliphatic rings. The van der Waals surface area contributed by atoms with Crippen molar-refractivity contribution in [3.63, 3.8) is 0 Å². The fourth-order valence-electron chi connectivity index (χ4n) is 1.80. The van der Waals surface area contributed by atoms with Gasteiger partial charge in [0.25, 0.3) is 5.69 Å². The highest BCUT2D eigenvalue weighted by Crippen LogP contribution is 2.34. The Kier molecular flexibility index (Phi) is 4.52. The zero-order chi connectivity index (χ0) is 14.7. The standard InChI is InChI=1S/C14H13ClN2O2S/c1-9-12(16)5-3-7-14(9)20-8-10-11(15)4-2-6-13(10)17(18)19/h2-7H,8,16H2,1H3. The number of nitrogens with two attached hydrogens (primary N) is 1. The summed E-state index contributed by atoms with van der Waals surface area (Å²) in [5.74, 6) is 0.431. The Morgan fingerprint density at radius 1 is 1.30 bits per heavy atom. The second-order valence-electron chi connectivity index (χ2n) is 4.25. The molecule has 0 radical (unpaired) electrons. The summed E-state index contributed by atoms with van der Waals surface area (Å²) in [5, 5.41) is 11.4. The molecule has 0 aliphatic carbocycles. The Hall–Kier alpha value is -1.72. The van der Waals surface area contributed by atoms with Gasteiger partial charge in [0.1, 0.15) is 0 Å². The predicted molar refractivity (Wildman–Crippen MR) is 83.3 cm³/mol. The first-order valence-corrected chi connectivity index (χ1v) is 7.26. The lowest BCUT2D eigenvalue weighted by Gasteiger charge is -2.09. The van der Waals surface area contributed by atoms with Gasteiger partial charge in [-0.3, -0.25) is 10.1 Å². The lowest BCUT2D eigenvalue weighted by atomic mass is 10.2. The second-order valence-corrected chi connectivity index (χ2v) is 5.68. The third-order valence-corrected chi connectivity index (χ3v) is 4.53. The monoisotopic (exact) mass is 308 g/mol. The van der Waals surface area contributed by atoms with Crippen molar-refractivity contribution in [3.8, 4) is 0 Å². The number of rotatable bonds is 4. The summed E-state index contributed by atoms with van der Waals surface area (Å²) < 4.78 is 0. The fourth-order valence-corrected chi connectivity index (χ4v) is 3.23. The van der Waals surface area contributed by atoms with Crippen molar-refractivity contribution in [2.24, 2.45) is 0 Å². The zero-order valence-corrected chi connectivity index (χ0v) is 12.4. The summed E-state index contributed by atoms with van der Waals surface area (Å²) in [4.78, 5) is 11.6. The number of halogens is 1. The minimum atomic E-state index is -0.409. The van der Waals surface area contributed by atoms with Crippen molar-refractivity contribution in [2.75, 3.05) is 5.73 Å². The molecule has 0 amide bonds. The topological polar surface area (TPSA) is 69.2 Å². The van der Waals surface area contributed by atoms with Crippen LogP contribution in [0.15, 0.2) is 41.3 Å². The molecule has 0 heterocycles. The van der Waals surface area contributed by atoms with Gasteiger partial charge in [-0.15, -0.1) is 11.8 Å². The smallest absolute Gasteiger partial charge is 0.274 e. The minimum Gasteiger partial charge on any atom is -0.398 e. The van der Waals surface area contributed by atoms with E-state index in [0.29, 0.717) is 22.0 Å². The van der Waals surface area contributed by atoms with Crippen molar-refractivity contribution < 1.29 is 4.92 Å². The number of nitrogen functional groups attached to an aromatic ring is 1. The maximum absolute atomic E-state index is 11.0. The summed E-state index contributed by atoms with van der Waals surface area (Å²) in [6.07, 6.45) is 0. The first-order valence-electron chi connectivity index (χ1n) is 5.90. The van der Waals surface area contributed by atoms with Gasteiger partial charge in [0, 0.05) is 22.4 Å². The Labute approximate surface area is 126 Å². The van der Waals surface area contributed by atoms with Gasteiger partial charge < -0.3 is 5.73 Å². The zero-order valence-electron chi connectivity index (χ0n) is 10.8. The quantitative estimate of drug-likeness (QED) is 0.392. The summed E-state index contributed by atoms with van der Waals surface area (Å²) in [5.41, 5.74) is 8.12. The minimum absolute atomic E-state index is 0.0477. The molecule has 0 bridgehead atoms. The largest absolute Gasteiger partial charge is 0.398 e. The lowest BCUT2D eigenvalue weighted by Crippen LogP contribution is -1.96. The molecule has 104 valence electrons. The molecular weight excluding hydrogens is 296 g/mol. The van der Waals surface area contributed by atoms with Crippen LogP contribution in [0.4, 0.5) is 11.4 Å². The van der Waals surface area contributed by atoms with E-state index in [9.17, 15) is 10.1 Å². The van der Waals surface area contributed by atoms with Crippen LogP contribution >= 0.6 is 23.4 Å². The van der Waals surface area contributed by atoms with Gasteiger partial charge in [0.2, 0.25) is 0 Å². The Bertz CT molecular complexity index is 662. The number of anilines is 1. The summed E-state index contributed by atoms with van der Waals surface area (Å²) in [6.45, 7) is 1.93. The molecular formula is C14H13ClN2O2S. The van der Waals surface area contributed by atoms with E-state index < -0.39 is 4.92 Å². The Morgan fingerprint density at radius 3 is 2.70 bits per heavy atom. The van der Waals surface area contributed by atoms with E-state index in [1.807, 2.05) is 25.1 Å². The average Bonchev–Trinajstić information content (AvgIpc) is 2.41. The van der Waals surface area contributed by atoms with E-state index in [2.05, 4.69) is 0 Å². The molecule has 0 saturated carbocycles. The highest BCUT2D eigenvalue weighted by atomic mass is 35.5. The second kappa shape index (κ2) is 6.15. The highest BCUT2D eigenvalue weighted by molar-refractivity contribution is 7.98. The predicted octanol–water partition coefficient (Wildman–Crippen LogP) is 4.43. The van der Waals surface area contributed by atoms with Gasteiger partial charge in [-0.2, -0.15) is 0 Å². The number of hydrogen-bond donors (Lipinski definition) is 1. The number of hydrogen-bond acceptors (Lipinski definition) is 4. The van der Waals surface area contributed by atoms with Crippen LogP contribution in [0.3, 0.4) is 0 Å². The molecule has 0 saturated heterocycles. The summed E-state index contributed by atoms with van der Waals surface area (Å²) >= 11 is 7.56. The molecule has 2 rings (SSSR count). The van der Waals surface area contributed by atoms with Crippen LogP contribution in [0.5, 0.6) is 0 Å². The van der Waals surface area contributed by atoms with Crippen molar-refractivity contribution in [3.05, 3.63) is 62.7 Å².